The van der Waals surface area contributed by atoms with E-state index in [2.05, 4.69) is 53.2 Å². The van der Waals surface area contributed by atoms with Gasteiger partial charge in [-0.25, -0.2) is 4.39 Å². The molecule has 26 heavy (non-hydrogen) atoms. The van der Waals surface area contributed by atoms with Crippen LogP contribution in [0.1, 0.15) is 30.9 Å². The minimum Gasteiger partial charge on any atom is -0.346 e. The Bertz CT molecular complexity index is 720. The van der Waals surface area contributed by atoms with Crippen molar-refractivity contribution in [2.75, 3.05) is 31.5 Å². The van der Waals surface area contributed by atoms with Gasteiger partial charge in [-0.15, -0.1) is 0 Å². The van der Waals surface area contributed by atoms with Crippen LogP contribution in [0, 0.1) is 5.82 Å². The molecule has 0 spiro atoms. The molecule has 2 aromatic carbocycles. The number of hydrogen-bond acceptors (Lipinski definition) is 2. The van der Waals surface area contributed by atoms with Crippen LogP contribution in [0.3, 0.4) is 0 Å². The highest BCUT2D eigenvalue weighted by molar-refractivity contribution is 7.80. The van der Waals surface area contributed by atoms with Crippen molar-refractivity contribution in [2.45, 2.75) is 26.3 Å². The predicted octanol–water partition coefficient (Wildman–Crippen LogP) is 4.46. The van der Waals surface area contributed by atoms with E-state index in [4.69, 9.17) is 12.2 Å². The molecule has 1 heterocycles. The third-order valence-corrected chi connectivity index (χ3v) is 5.17. The number of halogens is 1. The lowest BCUT2D eigenvalue weighted by molar-refractivity contribution is 0.177. The first-order chi connectivity index (χ1) is 12.5. The monoisotopic (exact) mass is 371 g/mol. The molecule has 3 nitrogen and oxygen atoms in total. The summed E-state index contributed by atoms with van der Waals surface area (Å²) in [4.78, 5) is 4.59. The van der Waals surface area contributed by atoms with Gasteiger partial charge in [-0.3, -0.25) is 4.90 Å². The van der Waals surface area contributed by atoms with E-state index in [1.165, 1.54) is 17.7 Å². The normalized spacial score (nSPS) is 15.3. The largest absolute Gasteiger partial charge is 0.346 e. The fourth-order valence-corrected chi connectivity index (χ4v) is 3.41. The maximum absolute atomic E-state index is 13.0. The molecule has 0 atom stereocenters. The van der Waals surface area contributed by atoms with Crippen molar-refractivity contribution >= 4 is 23.0 Å². The van der Waals surface area contributed by atoms with Crippen molar-refractivity contribution in [3.63, 3.8) is 0 Å². The first kappa shape index (κ1) is 18.8. The maximum Gasteiger partial charge on any atom is 0.173 e. The summed E-state index contributed by atoms with van der Waals surface area (Å²) < 4.78 is 13.0. The van der Waals surface area contributed by atoms with Crippen LogP contribution < -0.4 is 5.32 Å². The topological polar surface area (TPSA) is 18.5 Å². The quantitative estimate of drug-likeness (QED) is 0.799. The van der Waals surface area contributed by atoms with Crippen LogP contribution in [0.2, 0.25) is 0 Å². The van der Waals surface area contributed by atoms with Crippen molar-refractivity contribution < 1.29 is 4.39 Å². The molecule has 0 aliphatic carbocycles. The highest BCUT2D eigenvalue weighted by atomic mass is 32.1. The molecule has 1 aliphatic rings. The van der Waals surface area contributed by atoms with E-state index in [0.29, 0.717) is 5.92 Å². The van der Waals surface area contributed by atoms with Crippen LogP contribution in [0.5, 0.6) is 0 Å². The molecule has 0 radical (unpaired) electrons. The van der Waals surface area contributed by atoms with E-state index < -0.39 is 0 Å². The molecule has 138 valence electrons. The number of hydrogen-bond donors (Lipinski definition) is 1. The van der Waals surface area contributed by atoms with Gasteiger partial charge < -0.3 is 10.2 Å². The summed E-state index contributed by atoms with van der Waals surface area (Å²) in [7, 11) is 0. The van der Waals surface area contributed by atoms with Gasteiger partial charge in [0.2, 0.25) is 0 Å². The van der Waals surface area contributed by atoms with Crippen LogP contribution in [-0.4, -0.2) is 41.1 Å². The Kier molecular flexibility index (Phi) is 6.22. The minimum absolute atomic E-state index is 0.184. The Balaban J connectivity index is 1.47. The molecule has 0 aromatic heterocycles. The Morgan fingerprint density at radius 1 is 1.00 bits per heavy atom. The van der Waals surface area contributed by atoms with E-state index in [1.807, 2.05) is 12.1 Å². The zero-order valence-electron chi connectivity index (χ0n) is 15.4. The van der Waals surface area contributed by atoms with Gasteiger partial charge in [0.1, 0.15) is 5.82 Å². The summed E-state index contributed by atoms with van der Waals surface area (Å²) in [6.07, 6.45) is 0. The van der Waals surface area contributed by atoms with E-state index in [0.717, 1.165) is 49.1 Å². The van der Waals surface area contributed by atoms with Gasteiger partial charge in [0.05, 0.1) is 0 Å². The van der Waals surface area contributed by atoms with Gasteiger partial charge in [-0.05, 0) is 53.5 Å². The van der Waals surface area contributed by atoms with Gasteiger partial charge in [0, 0.05) is 38.4 Å². The zero-order chi connectivity index (χ0) is 18.5. The molecule has 2 aromatic rings. The lowest BCUT2D eigenvalue weighted by Gasteiger charge is -2.36. The number of nitrogens with zero attached hydrogens (tertiary/aromatic N) is 2. The van der Waals surface area contributed by atoms with Crippen molar-refractivity contribution in [3.8, 4) is 0 Å². The first-order valence-corrected chi connectivity index (χ1v) is 9.55. The van der Waals surface area contributed by atoms with Crippen LogP contribution in [0.4, 0.5) is 10.1 Å². The summed E-state index contributed by atoms with van der Waals surface area (Å²) in [5, 5.41) is 4.13. The third kappa shape index (κ3) is 5.02. The van der Waals surface area contributed by atoms with Crippen LogP contribution >= 0.6 is 12.2 Å². The highest BCUT2D eigenvalue weighted by Gasteiger charge is 2.19. The lowest BCUT2D eigenvalue weighted by Crippen LogP contribution is -2.49. The van der Waals surface area contributed by atoms with Crippen molar-refractivity contribution in [3.05, 3.63) is 65.5 Å². The Labute approximate surface area is 160 Å². The standard InChI is InChI=1S/C21H26FN3S/c1-16(2)18-5-9-20(10-6-18)23-21(26)25-13-11-24(12-14-25)15-17-3-7-19(22)8-4-17/h3-10,16H,11-15H2,1-2H3,(H,23,26). The third-order valence-electron chi connectivity index (χ3n) is 4.81. The second-order valence-electron chi connectivity index (χ2n) is 7.10. The van der Waals surface area contributed by atoms with Crippen molar-refractivity contribution in [2.24, 2.45) is 0 Å². The lowest BCUT2D eigenvalue weighted by atomic mass is 10.0. The van der Waals surface area contributed by atoms with Crippen LogP contribution in [0.15, 0.2) is 48.5 Å². The molecule has 1 aliphatic heterocycles. The smallest absolute Gasteiger partial charge is 0.173 e. The number of thiocarbonyl (C=S) groups is 1. The maximum atomic E-state index is 13.0. The Morgan fingerprint density at radius 2 is 1.62 bits per heavy atom. The van der Waals surface area contributed by atoms with Gasteiger partial charge in [-0.1, -0.05) is 38.1 Å². The number of nitrogens with one attached hydrogen (secondary N) is 1. The van der Waals surface area contributed by atoms with Gasteiger partial charge >= 0.3 is 0 Å². The van der Waals surface area contributed by atoms with E-state index in [1.54, 1.807) is 0 Å². The van der Waals surface area contributed by atoms with E-state index in [9.17, 15) is 4.39 Å². The van der Waals surface area contributed by atoms with Crippen LogP contribution in [0.25, 0.3) is 0 Å². The summed E-state index contributed by atoms with van der Waals surface area (Å²) in [5.74, 6) is 0.349. The molecule has 0 unspecified atom stereocenters. The first-order valence-electron chi connectivity index (χ1n) is 9.14. The summed E-state index contributed by atoms with van der Waals surface area (Å²) in [6, 6.07) is 15.2. The Morgan fingerprint density at radius 3 is 2.19 bits per heavy atom. The highest BCUT2D eigenvalue weighted by Crippen LogP contribution is 2.18. The molecule has 1 fully saturated rings. The van der Waals surface area contributed by atoms with E-state index >= 15 is 0 Å². The zero-order valence-corrected chi connectivity index (χ0v) is 16.2. The molecular formula is C21H26FN3S. The fraction of sp³-hybridized carbons (Fsp3) is 0.381. The summed E-state index contributed by atoms with van der Waals surface area (Å²) in [6.45, 7) is 8.94. The van der Waals surface area contributed by atoms with Crippen molar-refractivity contribution in [1.29, 1.82) is 0 Å². The predicted molar refractivity (Wildman–Crippen MR) is 110 cm³/mol. The summed E-state index contributed by atoms with van der Waals surface area (Å²) >= 11 is 5.58. The minimum atomic E-state index is -0.184. The molecule has 0 saturated carbocycles. The Hall–Kier alpha value is -1.98. The molecule has 5 heteroatoms. The number of anilines is 1. The van der Waals surface area contributed by atoms with E-state index in [-0.39, 0.29) is 5.82 Å². The number of piperazine rings is 1. The molecule has 1 N–H and O–H groups in total. The average molecular weight is 372 g/mol. The van der Waals surface area contributed by atoms with Crippen LogP contribution in [-0.2, 0) is 6.54 Å². The molecule has 3 rings (SSSR count). The number of rotatable bonds is 4. The van der Waals surface area contributed by atoms with Gasteiger partial charge in [0.15, 0.2) is 5.11 Å². The van der Waals surface area contributed by atoms with Crippen molar-refractivity contribution in [1.82, 2.24) is 9.80 Å². The number of benzene rings is 2. The average Bonchev–Trinajstić information content (AvgIpc) is 2.64. The molecule has 0 amide bonds. The second-order valence-corrected chi connectivity index (χ2v) is 7.48. The summed E-state index contributed by atoms with van der Waals surface area (Å²) in [5.41, 5.74) is 3.51. The molecule has 0 bridgehead atoms. The van der Waals surface area contributed by atoms with Gasteiger partial charge in [0.25, 0.3) is 0 Å². The van der Waals surface area contributed by atoms with Gasteiger partial charge in [-0.2, -0.15) is 0 Å². The second kappa shape index (κ2) is 8.60. The fourth-order valence-electron chi connectivity index (χ4n) is 3.11. The molecule has 1 saturated heterocycles. The SMILES string of the molecule is CC(C)c1ccc(NC(=S)N2CCN(Cc3ccc(F)cc3)CC2)cc1. The molecular weight excluding hydrogens is 345 g/mol.